The first-order valence-corrected chi connectivity index (χ1v) is 9.50. The molecule has 0 aliphatic heterocycles. The molecule has 1 heterocycles. The molecular weight excluding hydrogens is 427 g/mol. The van der Waals surface area contributed by atoms with E-state index in [1.54, 1.807) is 31.2 Å². The fourth-order valence-corrected chi connectivity index (χ4v) is 3.26. The number of hydrogen-bond acceptors (Lipinski definition) is 6. The van der Waals surface area contributed by atoms with E-state index in [1.807, 2.05) is 0 Å². The second kappa shape index (κ2) is 8.79. The van der Waals surface area contributed by atoms with Gasteiger partial charge in [-0.1, -0.05) is 35.5 Å². The summed E-state index contributed by atoms with van der Waals surface area (Å²) in [5, 5.41) is 8.39. The van der Waals surface area contributed by atoms with Crippen molar-refractivity contribution in [2.45, 2.75) is 23.0 Å². The number of rotatable bonds is 5. The summed E-state index contributed by atoms with van der Waals surface area (Å²) >= 11 is 6.98. The number of nitrogens with zero attached hydrogens (tertiary/aromatic N) is 3. The quantitative estimate of drug-likeness (QED) is 0.486. The van der Waals surface area contributed by atoms with Crippen molar-refractivity contribution in [2.75, 3.05) is 6.61 Å². The Bertz CT molecular complexity index is 1030. The molecule has 3 rings (SSSR count). The molecule has 0 saturated carbocycles. The third kappa shape index (κ3) is 5.24. The van der Waals surface area contributed by atoms with Crippen LogP contribution in [0.25, 0.3) is 11.4 Å². The van der Waals surface area contributed by atoms with Crippen LogP contribution in [0.4, 0.5) is 13.2 Å². The van der Waals surface area contributed by atoms with Gasteiger partial charge in [-0.15, -0.1) is 10.2 Å². The molecule has 1 aromatic heterocycles. The number of carbonyl (C=O) groups is 1. The van der Waals surface area contributed by atoms with Crippen LogP contribution in [0.2, 0.25) is 5.02 Å². The highest BCUT2D eigenvalue weighted by Gasteiger charge is 2.31. The second-order valence-corrected chi connectivity index (χ2v) is 7.14. The first-order chi connectivity index (χ1) is 13.8. The maximum atomic E-state index is 13.0. The highest BCUT2D eigenvalue weighted by Crippen LogP contribution is 2.33. The lowest BCUT2D eigenvalue weighted by Gasteiger charge is -2.10. The van der Waals surface area contributed by atoms with Crippen molar-refractivity contribution in [3.05, 3.63) is 64.8 Å². The molecule has 0 aliphatic carbocycles. The Morgan fingerprint density at radius 2 is 1.86 bits per heavy atom. The molecule has 0 saturated heterocycles. The van der Waals surface area contributed by atoms with Gasteiger partial charge in [-0.25, -0.2) is 9.78 Å². The van der Waals surface area contributed by atoms with Gasteiger partial charge in [-0.2, -0.15) is 13.2 Å². The summed E-state index contributed by atoms with van der Waals surface area (Å²) in [6.45, 7) is 1.77. The maximum Gasteiger partial charge on any atom is 0.416 e. The standard InChI is InChI=1S/C19H13ClF3N3O2S/c1-2-28-18(27)15-17(29-14-8-6-13(20)7-9-14)24-16(26-25-15)11-4-3-5-12(10-11)19(21,22)23/h3-10H,2H2,1H3. The van der Waals surface area contributed by atoms with Gasteiger partial charge >= 0.3 is 12.1 Å². The van der Waals surface area contributed by atoms with Crippen LogP contribution >= 0.6 is 23.4 Å². The maximum absolute atomic E-state index is 13.0. The summed E-state index contributed by atoms with van der Waals surface area (Å²) in [5.41, 5.74) is -0.830. The van der Waals surface area contributed by atoms with Crippen molar-refractivity contribution in [3.8, 4) is 11.4 Å². The Kier molecular flexibility index (Phi) is 6.39. The predicted molar refractivity (Wildman–Crippen MR) is 102 cm³/mol. The molecule has 0 amide bonds. The summed E-state index contributed by atoms with van der Waals surface area (Å²) in [6, 6.07) is 11.3. The molecule has 0 N–H and O–H groups in total. The van der Waals surface area contributed by atoms with Crippen molar-refractivity contribution in [1.29, 1.82) is 0 Å². The Labute approximate surface area is 173 Å². The minimum Gasteiger partial charge on any atom is -0.461 e. The summed E-state index contributed by atoms with van der Waals surface area (Å²) in [5.74, 6) is -0.764. The van der Waals surface area contributed by atoms with E-state index in [0.29, 0.717) is 9.92 Å². The minimum atomic E-state index is -4.50. The molecular formula is C19H13ClF3N3O2S. The Balaban J connectivity index is 2.04. The monoisotopic (exact) mass is 439 g/mol. The molecule has 0 unspecified atom stereocenters. The SMILES string of the molecule is CCOC(=O)c1nnc(-c2cccc(C(F)(F)F)c2)nc1Sc1ccc(Cl)cc1. The number of halogens is 4. The van der Waals surface area contributed by atoms with Crippen LogP contribution in [0.3, 0.4) is 0 Å². The van der Waals surface area contributed by atoms with E-state index in [-0.39, 0.29) is 28.7 Å². The lowest BCUT2D eigenvalue weighted by Crippen LogP contribution is -2.12. The van der Waals surface area contributed by atoms with E-state index < -0.39 is 17.7 Å². The van der Waals surface area contributed by atoms with Crippen molar-refractivity contribution < 1.29 is 22.7 Å². The predicted octanol–water partition coefficient (Wildman–Crippen LogP) is 5.54. The Morgan fingerprint density at radius 3 is 2.52 bits per heavy atom. The van der Waals surface area contributed by atoms with Crippen LogP contribution in [0, 0.1) is 0 Å². The third-order valence-corrected chi connectivity index (χ3v) is 4.84. The van der Waals surface area contributed by atoms with E-state index in [4.69, 9.17) is 16.3 Å². The topological polar surface area (TPSA) is 65.0 Å². The van der Waals surface area contributed by atoms with E-state index in [2.05, 4.69) is 15.2 Å². The largest absolute Gasteiger partial charge is 0.461 e. The number of hydrogen-bond donors (Lipinski definition) is 0. The van der Waals surface area contributed by atoms with Gasteiger partial charge in [0.05, 0.1) is 12.2 Å². The molecule has 0 aliphatic rings. The molecule has 150 valence electrons. The van der Waals surface area contributed by atoms with Gasteiger partial charge in [0.25, 0.3) is 0 Å². The van der Waals surface area contributed by atoms with Crippen LogP contribution in [0.5, 0.6) is 0 Å². The normalized spacial score (nSPS) is 11.3. The first-order valence-electron chi connectivity index (χ1n) is 8.31. The lowest BCUT2D eigenvalue weighted by molar-refractivity contribution is -0.137. The Hall–Kier alpha value is -2.65. The van der Waals surface area contributed by atoms with Gasteiger partial charge < -0.3 is 4.74 Å². The number of aromatic nitrogens is 3. The molecule has 0 radical (unpaired) electrons. The number of benzene rings is 2. The highest BCUT2D eigenvalue weighted by atomic mass is 35.5. The van der Waals surface area contributed by atoms with Crippen LogP contribution < -0.4 is 0 Å². The number of alkyl halides is 3. The molecule has 3 aromatic rings. The summed E-state index contributed by atoms with van der Waals surface area (Å²) in [7, 11) is 0. The average Bonchev–Trinajstić information content (AvgIpc) is 2.69. The van der Waals surface area contributed by atoms with Gasteiger partial charge in [0, 0.05) is 15.5 Å². The van der Waals surface area contributed by atoms with Crippen LogP contribution in [0.1, 0.15) is 23.0 Å². The average molecular weight is 440 g/mol. The highest BCUT2D eigenvalue weighted by molar-refractivity contribution is 7.99. The van der Waals surface area contributed by atoms with E-state index in [1.165, 1.54) is 12.1 Å². The van der Waals surface area contributed by atoms with Crippen molar-refractivity contribution in [1.82, 2.24) is 15.2 Å². The second-order valence-electron chi connectivity index (χ2n) is 5.64. The zero-order chi connectivity index (χ0) is 21.0. The van der Waals surface area contributed by atoms with E-state index in [0.717, 1.165) is 23.9 Å². The zero-order valence-corrected chi connectivity index (χ0v) is 16.5. The van der Waals surface area contributed by atoms with Gasteiger partial charge in [0.1, 0.15) is 5.03 Å². The summed E-state index contributed by atoms with van der Waals surface area (Å²) < 4.78 is 44.0. The van der Waals surface area contributed by atoms with Gasteiger partial charge in [-0.3, -0.25) is 0 Å². The van der Waals surface area contributed by atoms with Crippen molar-refractivity contribution >= 4 is 29.3 Å². The minimum absolute atomic E-state index is 0.0411. The molecule has 0 fully saturated rings. The fourth-order valence-electron chi connectivity index (χ4n) is 2.28. The van der Waals surface area contributed by atoms with Crippen LogP contribution in [0.15, 0.2) is 58.5 Å². The van der Waals surface area contributed by atoms with Crippen molar-refractivity contribution in [2.24, 2.45) is 0 Å². The number of carbonyl (C=O) groups excluding carboxylic acids is 1. The smallest absolute Gasteiger partial charge is 0.416 e. The number of ether oxygens (including phenoxy) is 1. The molecule has 29 heavy (non-hydrogen) atoms. The molecule has 0 bridgehead atoms. The summed E-state index contributed by atoms with van der Waals surface area (Å²) in [4.78, 5) is 17.2. The van der Waals surface area contributed by atoms with Gasteiger partial charge in [-0.05, 0) is 43.3 Å². The number of esters is 1. The molecule has 2 aromatic carbocycles. The fraction of sp³-hybridized carbons (Fsp3) is 0.158. The third-order valence-electron chi connectivity index (χ3n) is 3.60. The molecule has 10 heteroatoms. The van der Waals surface area contributed by atoms with Gasteiger partial charge in [0.2, 0.25) is 5.69 Å². The zero-order valence-electron chi connectivity index (χ0n) is 14.9. The molecule has 0 spiro atoms. The van der Waals surface area contributed by atoms with E-state index >= 15 is 0 Å². The summed E-state index contributed by atoms with van der Waals surface area (Å²) in [6.07, 6.45) is -4.50. The first kappa shape index (κ1) is 21.1. The molecule has 5 nitrogen and oxygen atoms in total. The van der Waals surface area contributed by atoms with Crippen LogP contribution in [-0.2, 0) is 10.9 Å². The van der Waals surface area contributed by atoms with Gasteiger partial charge in [0.15, 0.2) is 5.82 Å². The molecule has 0 atom stereocenters. The Morgan fingerprint density at radius 1 is 1.14 bits per heavy atom. The van der Waals surface area contributed by atoms with E-state index in [9.17, 15) is 18.0 Å². The van der Waals surface area contributed by atoms with Crippen LogP contribution in [-0.4, -0.2) is 27.8 Å². The lowest BCUT2D eigenvalue weighted by atomic mass is 10.1. The van der Waals surface area contributed by atoms with Crippen molar-refractivity contribution in [3.63, 3.8) is 0 Å².